The van der Waals surface area contributed by atoms with Crippen molar-refractivity contribution in [3.8, 4) is 0 Å². The molecular weight excluding hydrogens is 532 g/mol. The molecule has 224 valence electrons. The highest BCUT2D eigenvalue weighted by Crippen LogP contribution is 1.88. The Hall–Kier alpha value is -2.81. The molecule has 3 N–H and O–H groups in total. The number of ether oxygens (including phenoxy) is 3. The van der Waals surface area contributed by atoms with Gasteiger partial charge in [0, 0.05) is 55.6 Å². The van der Waals surface area contributed by atoms with Crippen molar-refractivity contribution in [1.29, 1.82) is 0 Å². The van der Waals surface area contributed by atoms with Crippen molar-refractivity contribution in [1.82, 2.24) is 10.6 Å². The molecule has 2 amide bonds. The predicted octanol–water partition coefficient (Wildman–Crippen LogP) is 2.99. The van der Waals surface area contributed by atoms with Crippen LogP contribution in [0.1, 0.15) is 55.4 Å². The van der Waals surface area contributed by atoms with Crippen LogP contribution in [0.4, 0.5) is 4.79 Å². The quantitative estimate of drug-likeness (QED) is 0.280. The molecule has 0 spiro atoms. The fraction of sp³-hybridized carbons (Fsp3) is 0.682. The highest BCUT2D eigenvalue weighted by Gasteiger charge is 1.81. The summed E-state index contributed by atoms with van der Waals surface area (Å²) >= 11 is 2.48. The second-order valence-electron chi connectivity index (χ2n) is 4.87. The van der Waals surface area contributed by atoms with Crippen LogP contribution in [0.25, 0.3) is 0 Å². The molecule has 0 aromatic carbocycles. The zero-order valence-corrected chi connectivity index (χ0v) is 26.5. The second kappa shape index (κ2) is 54.2. The molecule has 0 atom stereocenters. The van der Waals surface area contributed by atoms with Gasteiger partial charge in [0.1, 0.15) is 0 Å². The van der Waals surface area contributed by atoms with Gasteiger partial charge in [-0.25, -0.2) is 4.79 Å². The zero-order chi connectivity index (χ0) is 32.0. The summed E-state index contributed by atoms with van der Waals surface area (Å²) in [4.78, 5) is 67.3. The molecule has 0 aliphatic heterocycles. The van der Waals surface area contributed by atoms with Crippen molar-refractivity contribution in [2.45, 2.75) is 55.4 Å². The smallest absolute Gasteiger partial charge is 0.469 e. The lowest BCUT2D eigenvalue weighted by molar-refractivity contribution is -0.138. The van der Waals surface area contributed by atoms with E-state index in [0.717, 1.165) is 7.11 Å². The fourth-order valence-corrected chi connectivity index (χ4v) is 0. The molecule has 0 aliphatic rings. The maximum atomic E-state index is 9.78. The molecule has 0 bridgehead atoms. The molecule has 0 aromatic rings. The van der Waals surface area contributed by atoms with Crippen molar-refractivity contribution in [2.24, 2.45) is 0 Å². The van der Waals surface area contributed by atoms with Gasteiger partial charge in [-0.15, -0.1) is 0 Å². The van der Waals surface area contributed by atoms with Crippen LogP contribution in [0, 0.1) is 0 Å². The first kappa shape index (κ1) is 54.9. The lowest BCUT2D eigenvalue weighted by Gasteiger charge is -1.80. The number of carbonyl (C=O) groups is 7. The first-order chi connectivity index (χ1) is 16.9. The molecule has 0 aliphatic carbocycles. The van der Waals surface area contributed by atoms with E-state index in [1.165, 1.54) is 65.4 Å². The number of hydrogen-bond donors (Lipinski definition) is 3. The van der Waals surface area contributed by atoms with Gasteiger partial charge in [-0.3, -0.25) is 28.8 Å². The SMILES string of the molecule is CC.CNC(C)=O.CNC(C)=O.COC(=O)O.COC(C)=O.COC(C)=O.CSC(C)=O.CSC(C)=O. The zero-order valence-electron chi connectivity index (χ0n) is 24.8. The van der Waals surface area contributed by atoms with Gasteiger partial charge in [0.05, 0.1) is 21.3 Å². The van der Waals surface area contributed by atoms with E-state index in [1.807, 2.05) is 13.8 Å². The number of hydrogen-bond acceptors (Lipinski definition) is 12. The Morgan fingerprint density at radius 2 is 0.676 bits per heavy atom. The van der Waals surface area contributed by atoms with E-state index in [2.05, 4.69) is 24.8 Å². The monoisotopic (exact) mass is 580 g/mol. The van der Waals surface area contributed by atoms with Crippen LogP contribution in [0.5, 0.6) is 0 Å². The summed E-state index contributed by atoms with van der Waals surface area (Å²) in [5.74, 6) is -0.481. The fourth-order valence-electron chi connectivity index (χ4n) is 0. The first-order valence-electron chi connectivity index (χ1n) is 10.2. The third kappa shape index (κ3) is 258. The van der Waals surface area contributed by atoms with Crippen LogP contribution in [-0.4, -0.2) is 93.2 Å². The third-order valence-electron chi connectivity index (χ3n) is 2.03. The van der Waals surface area contributed by atoms with Crippen molar-refractivity contribution in [3.05, 3.63) is 0 Å². The predicted molar refractivity (Wildman–Crippen MR) is 150 cm³/mol. The van der Waals surface area contributed by atoms with Crippen LogP contribution in [0.2, 0.25) is 0 Å². The number of nitrogens with one attached hydrogen (secondary N) is 2. The van der Waals surface area contributed by atoms with E-state index in [-0.39, 0.29) is 34.0 Å². The van der Waals surface area contributed by atoms with Gasteiger partial charge in [0.25, 0.3) is 0 Å². The van der Waals surface area contributed by atoms with E-state index in [1.54, 1.807) is 40.5 Å². The molecule has 0 radical (unpaired) electrons. The van der Waals surface area contributed by atoms with Crippen molar-refractivity contribution in [2.75, 3.05) is 47.9 Å². The Balaban J connectivity index is -0.0000000437. The molecule has 0 fully saturated rings. The van der Waals surface area contributed by atoms with Gasteiger partial charge in [-0.1, -0.05) is 37.4 Å². The number of rotatable bonds is 0. The number of esters is 2. The van der Waals surface area contributed by atoms with E-state index < -0.39 is 6.16 Å². The number of thioether (sulfide) groups is 2. The Morgan fingerprint density at radius 1 is 0.568 bits per heavy atom. The van der Waals surface area contributed by atoms with E-state index in [9.17, 15) is 28.8 Å². The highest BCUT2D eigenvalue weighted by atomic mass is 32.2. The summed E-state index contributed by atoms with van der Waals surface area (Å²) in [6.45, 7) is 12.8. The molecule has 0 aromatic heterocycles. The molecule has 15 heteroatoms. The summed E-state index contributed by atoms with van der Waals surface area (Å²) in [6, 6.07) is 0. The summed E-state index contributed by atoms with van der Waals surface area (Å²) in [5, 5.41) is 12.6. The molecular formula is C22H48N2O11S2. The van der Waals surface area contributed by atoms with Gasteiger partial charge < -0.3 is 30.0 Å². The highest BCUT2D eigenvalue weighted by molar-refractivity contribution is 8.13. The molecule has 0 rings (SSSR count). The summed E-state index contributed by atoms with van der Waals surface area (Å²) in [5.41, 5.74) is 0. The van der Waals surface area contributed by atoms with Crippen LogP contribution in [0.3, 0.4) is 0 Å². The van der Waals surface area contributed by atoms with E-state index in [4.69, 9.17) is 9.90 Å². The van der Waals surface area contributed by atoms with E-state index in [0.29, 0.717) is 0 Å². The van der Waals surface area contributed by atoms with Crippen molar-refractivity contribution < 1.29 is 52.9 Å². The Bertz CT molecular complexity index is 437. The number of amides is 2. The standard InChI is InChI=1S/2C3H7NO.2C3H6O2.2C3H6OS.C2H4O3.C2H6/c2*1-3(5)4-2;4*1-3(4)5-2;1-5-2(3)4;1-2/h2*1-2H3,(H,4,5);4*1-2H3;1H3,(H,3,4);1-2H3. The third-order valence-corrected chi connectivity index (χ3v) is 3.18. The van der Waals surface area contributed by atoms with Gasteiger partial charge in [0.2, 0.25) is 11.8 Å². The Morgan fingerprint density at radius 3 is 0.676 bits per heavy atom. The van der Waals surface area contributed by atoms with Crippen LogP contribution in [0.15, 0.2) is 0 Å². The molecule has 37 heavy (non-hydrogen) atoms. The summed E-state index contributed by atoms with van der Waals surface area (Å²) in [6.07, 6.45) is 2.29. The topological polar surface area (TPSA) is 191 Å². The summed E-state index contributed by atoms with van der Waals surface area (Å²) in [7, 11) is 7.00. The average molecular weight is 581 g/mol. The Kier molecular flexibility index (Phi) is 80.4. The molecule has 0 unspecified atom stereocenters. The van der Waals surface area contributed by atoms with Crippen LogP contribution < -0.4 is 10.6 Å². The molecule has 13 nitrogen and oxygen atoms in total. The van der Waals surface area contributed by atoms with Gasteiger partial charge in [-0.05, 0) is 12.5 Å². The van der Waals surface area contributed by atoms with Gasteiger partial charge in [0.15, 0.2) is 10.2 Å². The van der Waals surface area contributed by atoms with Crippen molar-refractivity contribution >= 4 is 63.7 Å². The second-order valence-corrected chi connectivity index (χ2v) is 6.83. The number of carbonyl (C=O) groups excluding carboxylic acids is 6. The minimum Gasteiger partial charge on any atom is -0.469 e. The van der Waals surface area contributed by atoms with E-state index >= 15 is 0 Å². The molecule has 0 heterocycles. The number of methoxy groups -OCH3 is 3. The average Bonchev–Trinajstić information content (AvgIpc) is 2.86. The minimum absolute atomic E-state index is 0.00463. The lowest BCUT2D eigenvalue weighted by Crippen LogP contribution is -2.11. The summed E-state index contributed by atoms with van der Waals surface area (Å²) < 4.78 is 11.9. The largest absolute Gasteiger partial charge is 0.505 e. The number of carboxylic acid groups (broad SMARTS) is 1. The van der Waals surface area contributed by atoms with Crippen molar-refractivity contribution in [3.63, 3.8) is 0 Å². The van der Waals surface area contributed by atoms with Gasteiger partial charge in [-0.2, -0.15) is 0 Å². The first-order valence-corrected chi connectivity index (χ1v) is 12.7. The minimum atomic E-state index is -1.25. The Labute approximate surface area is 230 Å². The van der Waals surface area contributed by atoms with Gasteiger partial charge >= 0.3 is 18.1 Å². The molecule has 0 saturated heterocycles. The van der Waals surface area contributed by atoms with Crippen LogP contribution in [-0.2, 0) is 43.0 Å². The van der Waals surface area contributed by atoms with Crippen LogP contribution >= 0.6 is 23.5 Å². The molecule has 0 saturated carbocycles. The maximum Gasteiger partial charge on any atom is 0.505 e. The lowest BCUT2D eigenvalue weighted by atomic mass is 10.7. The normalized spacial score (nSPS) is 6.78. The maximum absolute atomic E-state index is 9.78.